The summed E-state index contributed by atoms with van der Waals surface area (Å²) in [6.45, 7) is 6.84. The van der Waals surface area contributed by atoms with Crippen molar-refractivity contribution in [1.82, 2.24) is 19.6 Å². The van der Waals surface area contributed by atoms with Gasteiger partial charge in [-0.15, -0.1) is 0 Å². The molecule has 2 fully saturated rings. The Morgan fingerprint density at radius 3 is 2.52 bits per heavy atom. The second-order valence-electron chi connectivity index (χ2n) is 9.22. The predicted molar refractivity (Wildman–Crippen MR) is 124 cm³/mol. The maximum atomic E-state index is 12.0. The molecule has 1 aromatic carbocycles. The second-order valence-corrected chi connectivity index (χ2v) is 9.65. The molecule has 1 atom stereocenters. The molecule has 3 aliphatic heterocycles. The van der Waals surface area contributed by atoms with Crippen molar-refractivity contribution >= 4 is 17.5 Å². The van der Waals surface area contributed by atoms with Gasteiger partial charge in [-0.3, -0.25) is 9.48 Å². The Balaban J connectivity index is 1.31. The summed E-state index contributed by atoms with van der Waals surface area (Å²) in [7, 11) is 0. The predicted octanol–water partition coefficient (Wildman–Crippen LogP) is 2.31. The molecule has 1 unspecified atom stereocenters. The van der Waals surface area contributed by atoms with Gasteiger partial charge in [-0.1, -0.05) is 23.7 Å². The number of piperidine rings is 1. The number of halogens is 1. The first kappa shape index (κ1) is 22.8. The summed E-state index contributed by atoms with van der Waals surface area (Å²) in [5, 5.41) is 16.5. The van der Waals surface area contributed by atoms with E-state index >= 15 is 0 Å². The van der Waals surface area contributed by atoms with Gasteiger partial charge in [-0.25, -0.2) is 0 Å². The third kappa shape index (κ3) is 4.81. The van der Waals surface area contributed by atoms with E-state index in [1.54, 1.807) is 6.92 Å². The summed E-state index contributed by atoms with van der Waals surface area (Å²) in [5.74, 6) is -0.341. The first-order chi connectivity index (χ1) is 15.9. The Morgan fingerprint density at radius 1 is 1.15 bits per heavy atom. The number of rotatable bonds is 5. The highest BCUT2D eigenvalue weighted by Crippen LogP contribution is 2.32. The molecule has 3 aliphatic rings. The fourth-order valence-corrected chi connectivity index (χ4v) is 5.29. The highest BCUT2D eigenvalue weighted by atomic mass is 35.5. The van der Waals surface area contributed by atoms with Crippen LogP contribution in [0.5, 0.6) is 0 Å². The summed E-state index contributed by atoms with van der Waals surface area (Å²) >= 11 is 6.08. The monoisotopic (exact) mass is 474 g/mol. The average molecular weight is 475 g/mol. The minimum absolute atomic E-state index is 0.0635. The van der Waals surface area contributed by atoms with Gasteiger partial charge in [-0.05, 0) is 12.1 Å². The summed E-state index contributed by atoms with van der Waals surface area (Å²) in [6, 6.07) is 7.61. The van der Waals surface area contributed by atoms with Crippen LogP contribution in [-0.2, 0) is 33.8 Å². The van der Waals surface area contributed by atoms with E-state index in [9.17, 15) is 9.90 Å². The van der Waals surface area contributed by atoms with Crippen molar-refractivity contribution in [3.05, 3.63) is 40.5 Å². The molecule has 1 aromatic heterocycles. The minimum atomic E-state index is -0.544. The van der Waals surface area contributed by atoms with Gasteiger partial charge in [0.05, 0.1) is 31.6 Å². The van der Waals surface area contributed by atoms with E-state index in [-0.39, 0.29) is 5.91 Å². The third-order valence-electron chi connectivity index (χ3n) is 6.98. The molecular weight excluding hydrogens is 444 g/mol. The van der Waals surface area contributed by atoms with Crippen LogP contribution in [-0.4, -0.2) is 81.9 Å². The van der Waals surface area contributed by atoms with Gasteiger partial charge in [0.1, 0.15) is 0 Å². The molecule has 1 N–H and O–H groups in total. The van der Waals surface area contributed by atoms with Crippen LogP contribution in [0.3, 0.4) is 0 Å². The Hall–Kier alpha value is -1.97. The van der Waals surface area contributed by atoms with E-state index < -0.39 is 11.9 Å². The lowest BCUT2D eigenvalue weighted by Crippen LogP contribution is -2.47. The largest absolute Gasteiger partial charge is 0.390 e. The van der Waals surface area contributed by atoms with Crippen LogP contribution < -0.4 is 0 Å². The molecule has 2 saturated heterocycles. The molecule has 0 saturated carbocycles. The summed E-state index contributed by atoms with van der Waals surface area (Å²) in [6.07, 6.45) is 1.84. The molecule has 1 spiro atoms. The normalized spacial score (nSPS) is 21.4. The van der Waals surface area contributed by atoms with E-state index in [0.29, 0.717) is 44.4 Å². The molecule has 0 radical (unpaired) electrons. The highest BCUT2D eigenvalue weighted by Gasteiger charge is 2.40. The van der Waals surface area contributed by atoms with Crippen molar-refractivity contribution in [2.45, 2.75) is 51.2 Å². The maximum absolute atomic E-state index is 12.0. The van der Waals surface area contributed by atoms with Crippen LogP contribution in [0.2, 0.25) is 5.02 Å². The fourth-order valence-electron chi connectivity index (χ4n) is 5.17. The lowest BCUT2D eigenvalue weighted by Gasteiger charge is -2.38. The molecule has 8 nitrogen and oxygen atoms in total. The van der Waals surface area contributed by atoms with Gasteiger partial charge < -0.3 is 24.4 Å². The molecule has 4 heterocycles. The number of carbonyl (C=O) groups is 1. The van der Waals surface area contributed by atoms with Gasteiger partial charge in [0.25, 0.3) is 0 Å². The van der Waals surface area contributed by atoms with Gasteiger partial charge in [0.15, 0.2) is 5.79 Å². The average Bonchev–Trinajstić information content (AvgIpc) is 3.41. The van der Waals surface area contributed by atoms with Crippen molar-refractivity contribution in [2.24, 2.45) is 0 Å². The van der Waals surface area contributed by atoms with Crippen LogP contribution in [0, 0.1) is 0 Å². The third-order valence-corrected chi connectivity index (χ3v) is 7.23. The number of β-amino-alcohol motifs (C(OH)–C–C–N with tert-alkyl or cyclic N) is 1. The Kier molecular flexibility index (Phi) is 6.46. The zero-order valence-corrected chi connectivity index (χ0v) is 19.8. The van der Waals surface area contributed by atoms with Gasteiger partial charge in [0, 0.05) is 80.8 Å². The molecule has 0 bridgehead atoms. The molecule has 178 valence electrons. The van der Waals surface area contributed by atoms with E-state index in [2.05, 4.69) is 4.90 Å². The van der Waals surface area contributed by atoms with Crippen molar-refractivity contribution in [3.8, 4) is 11.3 Å². The smallest absolute Gasteiger partial charge is 0.219 e. The Bertz CT molecular complexity index is 993. The molecular formula is C24H31ClN4O4. The van der Waals surface area contributed by atoms with Gasteiger partial charge >= 0.3 is 0 Å². The van der Waals surface area contributed by atoms with Crippen molar-refractivity contribution in [1.29, 1.82) is 0 Å². The maximum Gasteiger partial charge on any atom is 0.219 e. The number of hydrogen-bond acceptors (Lipinski definition) is 6. The molecule has 33 heavy (non-hydrogen) atoms. The van der Waals surface area contributed by atoms with Crippen molar-refractivity contribution in [2.75, 3.05) is 39.4 Å². The van der Waals surface area contributed by atoms with Crippen LogP contribution in [0.1, 0.15) is 31.0 Å². The lowest BCUT2D eigenvalue weighted by atomic mass is 10.0. The highest BCUT2D eigenvalue weighted by molar-refractivity contribution is 6.30. The van der Waals surface area contributed by atoms with E-state index in [0.717, 1.165) is 54.9 Å². The van der Waals surface area contributed by atoms with Crippen molar-refractivity contribution in [3.63, 3.8) is 0 Å². The standard InChI is InChI=1S/C24H31ClN4O4/c1-17(30)28-9-6-22-21(16-28)23(18-2-4-19(25)5-3-18)26-29(22)15-20(31)14-27-10-7-24(8-11-27)32-12-13-33-24/h2-5,20,31H,6-16H2,1H3. The fraction of sp³-hybridized carbons (Fsp3) is 0.583. The minimum Gasteiger partial charge on any atom is -0.390 e. The molecule has 0 aliphatic carbocycles. The number of ether oxygens (including phenoxy) is 2. The zero-order chi connectivity index (χ0) is 23.0. The SMILES string of the molecule is CC(=O)N1CCc2c(c(-c3ccc(Cl)cc3)nn2CC(O)CN2CCC3(CC2)OCCO3)C1. The van der Waals surface area contributed by atoms with Crippen molar-refractivity contribution < 1.29 is 19.4 Å². The number of benzene rings is 1. The van der Waals surface area contributed by atoms with Crippen LogP contribution in [0.15, 0.2) is 24.3 Å². The van der Waals surface area contributed by atoms with Crippen LogP contribution >= 0.6 is 11.6 Å². The lowest BCUT2D eigenvalue weighted by molar-refractivity contribution is -0.186. The number of amides is 1. The van der Waals surface area contributed by atoms with Crippen LogP contribution in [0.25, 0.3) is 11.3 Å². The Morgan fingerprint density at radius 2 is 1.85 bits per heavy atom. The van der Waals surface area contributed by atoms with Crippen LogP contribution in [0.4, 0.5) is 0 Å². The molecule has 9 heteroatoms. The molecule has 5 rings (SSSR count). The molecule has 1 amide bonds. The zero-order valence-electron chi connectivity index (χ0n) is 19.0. The first-order valence-electron chi connectivity index (χ1n) is 11.7. The summed E-state index contributed by atoms with van der Waals surface area (Å²) in [4.78, 5) is 16.1. The number of aliphatic hydroxyl groups is 1. The number of aliphatic hydroxyl groups excluding tert-OH is 1. The number of likely N-dealkylation sites (tertiary alicyclic amines) is 1. The number of nitrogens with zero attached hydrogens (tertiary/aromatic N) is 4. The number of hydrogen-bond donors (Lipinski definition) is 1. The Labute approximate surface area is 199 Å². The molecule has 2 aromatic rings. The van der Waals surface area contributed by atoms with Gasteiger partial charge in [0.2, 0.25) is 5.91 Å². The van der Waals surface area contributed by atoms with E-state index in [1.807, 2.05) is 33.8 Å². The number of fused-ring (bicyclic) bond motifs is 1. The van der Waals surface area contributed by atoms with E-state index in [4.69, 9.17) is 26.2 Å². The first-order valence-corrected chi connectivity index (χ1v) is 12.1. The second kappa shape index (κ2) is 9.35. The van der Waals surface area contributed by atoms with E-state index in [1.165, 1.54) is 0 Å². The van der Waals surface area contributed by atoms with Gasteiger partial charge in [-0.2, -0.15) is 5.10 Å². The quantitative estimate of drug-likeness (QED) is 0.716. The topological polar surface area (TPSA) is 80.1 Å². The summed E-state index contributed by atoms with van der Waals surface area (Å²) < 4.78 is 13.6. The summed E-state index contributed by atoms with van der Waals surface area (Å²) in [5.41, 5.74) is 3.98. The number of aromatic nitrogens is 2. The number of carbonyl (C=O) groups excluding carboxylic acids is 1.